The average Bonchev–Trinajstić information content (AvgIpc) is 3.16. The monoisotopic (exact) mass is 453 g/mol. The molecule has 0 radical (unpaired) electrons. The molecule has 2 aromatic rings. The number of rotatable bonds is 4. The number of amides is 2. The van der Waals surface area contributed by atoms with Crippen LogP contribution in [0.1, 0.15) is 38.3 Å². The number of aryl methyl sites for hydroxylation is 1. The van der Waals surface area contributed by atoms with E-state index in [-0.39, 0.29) is 23.4 Å². The number of piperidine rings is 1. The third-order valence-electron chi connectivity index (χ3n) is 7.73. The summed E-state index contributed by atoms with van der Waals surface area (Å²) in [5.41, 5.74) is 3.05. The van der Waals surface area contributed by atoms with Gasteiger partial charge >= 0.3 is 0 Å². The lowest BCUT2D eigenvalue weighted by atomic mass is 9.92. The number of piperazine rings is 2. The summed E-state index contributed by atoms with van der Waals surface area (Å²) in [4.78, 5) is 31.7. The summed E-state index contributed by atoms with van der Waals surface area (Å²) in [6.45, 7) is 12.9. The zero-order valence-electron chi connectivity index (χ0n) is 19.9. The van der Waals surface area contributed by atoms with Gasteiger partial charge in [-0.25, -0.2) is 0 Å². The van der Waals surface area contributed by atoms with Crippen molar-refractivity contribution in [2.24, 2.45) is 7.05 Å². The van der Waals surface area contributed by atoms with Gasteiger partial charge in [0.1, 0.15) is 0 Å². The zero-order valence-corrected chi connectivity index (χ0v) is 19.9. The number of imide groups is 1. The van der Waals surface area contributed by atoms with Gasteiger partial charge in [-0.3, -0.25) is 29.4 Å². The first-order chi connectivity index (χ1) is 15.9. The Morgan fingerprint density at radius 1 is 1.00 bits per heavy atom. The number of aromatic nitrogens is 2. The number of carbonyl (C=O) groups is 2. The number of fused-ring (bicyclic) bond motifs is 1. The molecule has 1 aromatic carbocycles. The van der Waals surface area contributed by atoms with Crippen molar-refractivity contribution in [2.75, 3.05) is 57.3 Å². The van der Waals surface area contributed by atoms with E-state index >= 15 is 0 Å². The van der Waals surface area contributed by atoms with Crippen LogP contribution >= 0.6 is 0 Å². The van der Waals surface area contributed by atoms with E-state index in [1.165, 1.54) is 5.69 Å². The highest BCUT2D eigenvalue weighted by Gasteiger charge is 2.36. The summed E-state index contributed by atoms with van der Waals surface area (Å²) in [6, 6.07) is 6.27. The lowest BCUT2D eigenvalue weighted by molar-refractivity contribution is -0.134. The highest BCUT2D eigenvalue weighted by molar-refractivity contribution is 6.03. The van der Waals surface area contributed by atoms with Crippen LogP contribution in [-0.4, -0.2) is 89.4 Å². The average molecular weight is 454 g/mol. The molecule has 3 aliphatic rings. The minimum atomic E-state index is -0.377. The summed E-state index contributed by atoms with van der Waals surface area (Å²) < 4.78 is 1.90. The summed E-state index contributed by atoms with van der Waals surface area (Å²) in [7, 11) is 1.95. The van der Waals surface area contributed by atoms with Crippen LogP contribution in [0, 0.1) is 0 Å². The molecule has 0 bridgehead atoms. The molecule has 9 nitrogen and oxygen atoms in total. The quantitative estimate of drug-likeness (QED) is 0.664. The Hall–Kier alpha value is -2.49. The van der Waals surface area contributed by atoms with E-state index in [0.29, 0.717) is 12.8 Å². The second-order valence-electron chi connectivity index (χ2n) is 9.89. The van der Waals surface area contributed by atoms with Crippen molar-refractivity contribution in [3.05, 3.63) is 23.9 Å². The number of benzene rings is 1. The predicted molar refractivity (Wildman–Crippen MR) is 128 cm³/mol. The molecule has 0 spiro atoms. The summed E-state index contributed by atoms with van der Waals surface area (Å²) in [6.07, 6.45) is 0.875. The lowest BCUT2D eigenvalue weighted by Crippen LogP contribution is -2.64. The molecular formula is C24H35N7O2. The molecule has 1 aromatic heterocycles. The van der Waals surface area contributed by atoms with Gasteiger partial charge in [-0.2, -0.15) is 5.10 Å². The second-order valence-corrected chi connectivity index (χ2v) is 9.89. The van der Waals surface area contributed by atoms with Crippen molar-refractivity contribution >= 4 is 28.4 Å². The van der Waals surface area contributed by atoms with Gasteiger partial charge in [-0.15, -0.1) is 0 Å². The first-order valence-corrected chi connectivity index (χ1v) is 12.1. The van der Waals surface area contributed by atoms with Gasteiger partial charge in [-0.05, 0) is 26.3 Å². The van der Waals surface area contributed by atoms with Crippen molar-refractivity contribution in [3.63, 3.8) is 0 Å². The van der Waals surface area contributed by atoms with E-state index in [1.807, 2.05) is 11.7 Å². The van der Waals surface area contributed by atoms with Crippen LogP contribution in [0.2, 0.25) is 0 Å². The summed E-state index contributed by atoms with van der Waals surface area (Å²) in [5, 5.41) is 11.7. The van der Waals surface area contributed by atoms with E-state index in [9.17, 15) is 9.59 Å². The van der Waals surface area contributed by atoms with Crippen LogP contribution in [0.4, 0.5) is 5.69 Å². The Balaban J connectivity index is 1.36. The first-order valence-electron chi connectivity index (χ1n) is 12.1. The highest BCUT2D eigenvalue weighted by Crippen LogP contribution is 2.35. The Morgan fingerprint density at radius 3 is 2.39 bits per heavy atom. The number of nitrogens with zero attached hydrogens (tertiary/aromatic N) is 5. The molecule has 3 saturated heterocycles. The van der Waals surface area contributed by atoms with E-state index in [2.05, 4.69) is 57.4 Å². The third kappa shape index (κ3) is 4.02. The first kappa shape index (κ1) is 22.3. The van der Waals surface area contributed by atoms with Gasteiger partial charge in [-0.1, -0.05) is 12.1 Å². The molecule has 2 amide bonds. The van der Waals surface area contributed by atoms with Crippen molar-refractivity contribution < 1.29 is 9.59 Å². The van der Waals surface area contributed by atoms with Crippen LogP contribution in [0.25, 0.3) is 10.9 Å². The molecule has 3 aliphatic heterocycles. The second kappa shape index (κ2) is 8.70. The molecule has 0 saturated carbocycles. The van der Waals surface area contributed by atoms with E-state index in [4.69, 9.17) is 5.10 Å². The molecule has 1 unspecified atom stereocenters. The normalized spacial score (nSPS) is 23.8. The van der Waals surface area contributed by atoms with E-state index < -0.39 is 0 Å². The lowest BCUT2D eigenvalue weighted by Gasteiger charge is -2.51. The number of nitrogens with one attached hydrogen (secondary N) is 2. The largest absolute Gasteiger partial charge is 0.367 e. The Kier molecular flexibility index (Phi) is 5.88. The molecular weight excluding hydrogens is 418 g/mol. The van der Waals surface area contributed by atoms with Gasteiger partial charge in [0.05, 0.1) is 28.5 Å². The van der Waals surface area contributed by atoms with Crippen molar-refractivity contribution in [1.82, 2.24) is 30.2 Å². The zero-order chi connectivity index (χ0) is 23.2. The Bertz CT molecular complexity index is 1050. The van der Waals surface area contributed by atoms with Gasteiger partial charge in [0, 0.05) is 71.2 Å². The molecule has 4 heterocycles. The highest BCUT2D eigenvalue weighted by atomic mass is 16.2. The standard InChI is InChI=1S/C24H35N7O2/c1-24(2,30-11-9-25-10-12-30)31-15-13-29(14-16-31)19-6-4-5-17-21(27-28(3)22(17)19)18-7-8-20(32)26-23(18)33/h4-6,18,25H,7-16H2,1-3H3,(H,26,32,33). The molecule has 33 heavy (non-hydrogen) atoms. The SMILES string of the molecule is Cn1nc(C2CCC(=O)NC2=O)c2cccc(N3CCN(C(C)(C)N4CCNCC4)CC3)c21. The van der Waals surface area contributed by atoms with Crippen LogP contribution < -0.4 is 15.5 Å². The number of hydrogen-bond donors (Lipinski definition) is 2. The number of carbonyl (C=O) groups excluding carboxylic acids is 2. The van der Waals surface area contributed by atoms with Crippen molar-refractivity contribution in [1.29, 1.82) is 0 Å². The Morgan fingerprint density at radius 2 is 1.70 bits per heavy atom. The summed E-state index contributed by atoms with van der Waals surface area (Å²) in [5.74, 6) is -0.808. The van der Waals surface area contributed by atoms with Crippen molar-refractivity contribution in [3.8, 4) is 0 Å². The smallest absolute Gasteiger partial charge is 0.235 e. The predicted octanol–water partition coefficient (Wildman–Crippen LogP) is 0.857. The molecule has 9 heteroatoms. The number of para-hydroxylation sites is 1. The molecule has 3 fully saturated rings. The minimum Gasteiger partial charge on any atom is -0.367 e. The van der Waals surface area contributed by atoms with Gasteiger partial charge in [0.15, 0.2) is 0 Å². The van der Waals surface area contributed by atoms with Gasteiger partial charge in [0.25, 0.3) is 0 Å². The molecule has 1 atom stereocenters. The fourth-order valence-corrected chi connectivity index (χ4v) is 5.72. The van der Waals surface area contributed by atoms with Crippen LogP contribution in [0.3, 0.4) is 0 Å². The van der Waals surface area contributed by atoms with E-state index in [0.717, 1.165) is 69.0 Å². The minimum absolute atomic E-state index is 0.0473. The summed E-state index contributed by atoms with van der Waals surface area (Å²) >= 11 is 0. The van der Waals surface area contributed by atoms with Gasteiger partial charge < -0.3 is 10.2 Å². The third-order valence-corrected chi connectivity index (χ3v) is 7.73. The fourth-order valence-electron chi connectivity index (χ4n) is 5.72. The maximum Gasteiger partial charge on any atom is 0.235 e. The topological polar surface area (TPSA) is 85.7 Å². The van der Waals surface area contributed by atoms with Crippen LogP contribution in [0.15, 0.2) is 18.2 Å². The Labute approximate surface area is 195 Å². The maximum absolute atomic E-state index is 12.5. The molecule has 2 N–H and O–H groups in total. The fraction of sp³-hybridized carbons (Fsp3) is 0.625. The van der Waals surface area contributed by atoms with Gasteiger partial charge in [0.2, 0.25) is 11.8 Å². The molecule has 0 aliphatic carbocycles. The number of anilines is 1. The van der Waals surface area contributed by atoms with Crippen molar-refractivity contribution in [2.45, 2.75) is 38.3 Å². The maximum atomic E-state index is 12.5. The molecule has 5 rings (SSSR count). The molecule has 178 valence electrons. The van der Waals surface area contributed by atoms with Crippen LogP contribution in [0.5, 0.6) is 0 Å². The van der Waals surface area contributed by atoms with Crippen LogP contribution in [-0.2, 0) is 16.6 Å². The van der Waals surface area contributed by atoms with E-state index in [1.54, 1.807) is 0 Å². The number of hydrogen-bond acceptors (Lipinski definition) is 7.